The van der Waals surface area contributed by atoms with Crippen LogP contribution >= 0.6 is 11.6 Å². The van der Waals surface area contributed by atoms with E-state index in [1.165, 1.54) is 0 Å². The van der Waals surface area contributed by atoms with Crippen molar-refractivity contribution in [3.05, 3.63) is 23.2 Å². The van der Waals surface area contributed by atoms with Crippen molar-refractivity contribution in [1.29, 1.82) is 0 Å². The van der Waals surface area contributed by atoms with Gasteiger partial charge >= 0.3 is 0 Å². The minimum absolute atomic E-state index is 0.0722. The van der Waals surface area contributed by atoms with Crippen LogP contribution < -0.4 is 11.1 Å². The topological polar surface area (TPSA) is 67.6 Å². The molecule has 1 aromatic carbocycles. The molecule has 0 aliphatic carbocycles. The molecule has 110 valence electrons. The number of ether oxygens (including phenoxy) is 1. The zero-order valence-electron chi connectivity index (χ0n) is 11.6. The van der Waals surface area contributed by atoms with Crippen LogP contribution in [0.2, 0.25) is 5.02 Å². The number of hydrogen-bond donors (Lipinski definition) is 2. The highest BCUT2D eigenvalue weighted by Crippen LogP contribution is 2.24. The summed E-state index contributed by atoms with van der Waals surface area (Å²) in [7, 11) is 0. The van der Waals surface area contributed by atoms with Crippen molar-refractivity contribution < 1.29 is 9.53 Å². The van der Waals surface area contributed by atoms with Crippen molar-refractivity contribution >= 4 is 28.9 Å². The van der Waals surface area contributed by atoms with E-state index in [2.05, 4.69) is 17.1 Å². The van der Waals surface area contributed by atoms with Gasteiger partial charge in [-0.3, -0.25) is 9.69 Å². The fraction of sp³-hybridized carbons (Fsp3) is 0.500. The molecule has 0 radical (unpaired) electrons. The molecule has 1 aliphatic heterocycles. The van der Waals surface area contributed by atoms with E-state index in [9.17, 15) is 4.79 Å². The third-order valence-corrected chi connectivity index (χ3v) is 3.75. The Morgan fingerprint density at radius 2 is 2.40 bits per heavy atom. The average molecular weight is 298 g/mol. The summed E-state index contributed by atoms with van der Waals surface area (Å²) in [6.07, 6.45) is 0.968. The van der Waals surface area contributed by atoms with Gasteiger partial charge in [-0.05, 0) is 24.6 Å². The Kier molecular flexibility index (Phi) is 5.23. The molecule has 1 atom stereocenters. The van der Waals surface area contributed by atoms with Crippen LogP contribution in [0, 0.1) is 0 Å². The third kappa shape index (κ3) is 3.85. The van der Waals surface area contributed by atoms with Crippen molar-refractivity contribution in [2.75, 3.05) is 37.4 Å². The van der Waals surface area contributed by atoms with E-state index in [-0.39, 0.29) is 5.91 Å². The Morgan fingerprint density at radius 1 is 1.60 bits per heavy atom. The van der Waals surface area contributed by atoms with E-state index in [0.717, 1.165) is 13.0 Å². The lowest BCUT2D eigenvalue weighted by atomic mass is 10.2. The number of amides is 1. The quantitative estimate of drug-likeness (QED) is 0.834. The van der Waals surface area contributed by atoms with Crippen LogP contribution in [0.1, 0.15) is 13.3 Å². The molecule has 0 bridgehead atoms. The van der Waals surface area contributed by atoms with Crippen LogP contribution in [0.5, 0.6) is 0 Å². The first-order valence-electron chi connectivity index (χ1n) is 6.76. The van der Waals surface area contributed by atoms with Gasteiger partial charge in [0.25, 0.3) is 0 Å². The second-order valence-electron chi connectivity index (χ2n) is 4.89. The summed E-state index contributed by atoms with van der Waals surface area (Å²) in [6.45, 7) is 4.59. The van der Waals surface area contributed by atoms with Crippen LogP contribution in [0.4, 0.5) is 11.4 Å². The monoisotopic (exact) mass is 297 g/mol. The van der Waals surface area contributed by atoms with Gasteiger partial charge in [0.2, 0.25) is 5.91 Å². The first-order valence-corrected chi connectivity index (χ1v) is 7.14. The molecule has 1 heterocycles. The number of nitrogens with two attached hydrogens (primary N) is 1. The van der Waals surface area contributed by atoms with Gasteiger partial charge in [-0.1, -0.05) is 18.5 Å². The second-order valence-corrected chi connectivity index (χ2v) is 5.30. The minimum Gasteiger partial charge on any atom is -0.399 e. The molecule has 0 spiro atoms. The molecule has 1 saturated heterocycles. The number of nitrogens with one attached hydrogen (secondary N) is 1. The lowest BCUT2D eigenvalue weighted by Gasteiger charge is -2.34. The van der Waals surface area contributed by atoms with Crippen LogP contribution in [0.25, 0.3) is 0 Å². The highest BCUT2D eigenvalue weighted by molar-refractivity contribution is 6.34. The number of morpholine rings is 1. The average Bonchev–Trinajstić information content (AvgIpc) is 2.42. The summed E-state index contributed by atoms with van der Waals surface area (Å²) in [5, 5.41) is 3.27. The molecule has 1 fully saturated rings. The van der Waals surface area contributed by atoms with Gasteiger partial charge in [0, 0.05) is 18.3 Å². The van der Waals surface area contributed by atoms with Crippen LogP contribution in [0.15, 0.2) is 18.2 Å². The van der Waals surface area contributed by atoms with Crippen molar-refractivity contribution in [2.45, 2.75) is 19.4 Å². The van der Waals surface area contributed by atoms with Crippen molar-refractivity contribution in [2.24, 2.45) is 0 Å². The summed E-state index contributed by atoms with van der Waals surface area (Å²) in [5.41, 5.74) is 6.79. The maximum absolute atomic E-state index is 12.1. The molecule has 1 unspecified atom stereocenters. The molecular weight excluding hydrogens is 278 g/mol. The fourth-order valence-electron chi connectivity index (χ4n) is 2.28. The molecular formula is C14H20ClN3O2. The number of anilines is 2. The SMILES string of the molecule is CCC1COCCN1CC(=O)Nc1ccc(N)cc1Cl. The Morgan fingerprint density at radius 3 is 3.10 bits per heavy atom. The standard InChI is InChI=1S/C14H20ClN3O2/c1-2-11-9-20-6-5-18(11)8-14(19)17-13-4-3-10(16)7-12(13)15/h3-4,7,11H,2,5-6,8-9,16H2,1H3,(H,17,19). The number of nitrogen functional groups attached to an aromatic ring is 1. The normalized spacial score (nSPS) is 19.8. The van der Waals surface area contributed by atoms with E-state index < -0.39 is 0 Å². The van der Waals surface area contributed by atoms with Crippen molar-refractivity contribution in [3.8, 4) is 0 Å². The number of halogens is 1. The first kappa shape index (κ1) is 15.1. The summed E-state index contributed by atoms with van der Waals surface area (Å²) < 4.78 is 5.43. The number of carbonyl (C=O) groups excluding carboxylic acids is 1. The predicted octanol–water partition coefficient (Wildman–Crippen LogP) is 1.97. The number of hydrogen-bond acceptors (Lipinski definition) is 4. The Hall–Kier alpha value is -1.30. The zero-order chi connectivity index (χ0) is 14.5. The summed E-state index contributed by atoms with van der Waals surface area (Å²) in [5.74, 6) is -0.0722. The summed E-state index contributed by atoms with van der Waals surface area (Å²) in [4.78, 5) is 14.2. The van der Waals surface area contributed by atoms with E-state index in [1.54, 1.807) is 18.2 Å². The smallest absolute Gasteiger partial charge is 0.238 e. The van der Waals surface area contributed by atoms with E-state index in [4.69, 9.17) is 22.1 Å². The van der Waals surface area contributed by atoms with Gasteiger partial charge in [-0.15, -0.1) is 0 Å². The zero-order valence-corrected chi connectivity index (χ0v) is 12.3. The van der Waals surface area contributed by atoms with E-state index in [1.807, 2.05) is 0 Å². The maximum Gasteiger partial charge on any atom is 0.238 e. The van der Waals surface area contributed by atoms with Crippen molar-refractivity contribution in [3.63, 3.8) is 0 Å². The van der Waals surface area contributed by atoms with Gasteiger partial charge in [0.1, 0.15) is 0 Å². The Bertz CT molecular complexity index is 481. The lowest BCUT2D eigenvalue weighted by Crippen LogP contribution is -2.48. The number of nitrogens with zero attached hydrogens (tertiary/aromatic N) is 1. The minimum atomic E-state index is -0.0722. The largest absolute Gasteiger partial charge is 0.399 e. The highest BCUT2D eigenvalue weighted by Gasteiger charge is 2.23. The number of carbonyl (C=O) groups is 1. The molecule has 0 saturated carbocycles. The second kappa shape index (κ2) is 6.92. The first-order chi connectivity index (χ1) is 9.60. The number of benzene rings is 1. The van der Waals surface area contributed by atoms with Crippen molar-refractivity contribution in [1.82, 2.24) is 4.90 Å². The maximum atomic E-state index is 12.1. The van der Waals surface area contributed by atoms with Crippen LogP contribution in [0.3, 0.4) is 0 Å². The molecule has 2 rings (SSSR count). The van der Waals surface area contributed by atoms with Gasteiger partial charge in [-0.25, -0.2) is 0 Å². The molecule has 6 heteroatoms. The summed E-state index contributed by atoms with van der Waals surface area (Å²) >= 11 is 6.04. The van der Waals surface area contributed by atoms with Gasteiger partial charge in [-0.2, -0.15) is 0 Å². The summed E-state index contributed by atoms with van der Waals surface area (Å²) in [6, 6.07) is 5.36. The van der Waals surface area contributed by atoms with Gasteiger partial charge in [0.05, 0.1) is 30.5 Å². The Labute approximate surface area is 124 Å². The predicted molar refractivity (Wildman–Crippen MR) is 81.0 cm³/mol. The molecule has 1 aliphatic rings. The van der Waals surface area contributed by atoms with E-state index >= 15 is 0 Å². The van der Waals surface area contributed by atoms with E-state index in [0.29, 0.717) is 42.2 Å². The Balaban J connectivity index is 1.94. The molecule has 3 N–H and O–H groups in total. The molecule has 20 heavy (non-hydrogen) atoms. The fourth-order valence-corrected chi connectivity index (χ4v) is 2.52. The molecule has 1 aromatic rings. The van der Waals surface area contributed by atoms with Crippen LogP contribution in [-0.4, -0.2) is 43.2 Å². The number of rotatable bonds is 4. The molecule has 1 amide bonds. The molecule has 0 aromatic heterocycles. The van der Waals surface area contributed by atoms with Crippen LogP contribution in [-0.2, 0) is 9.53 Å². The lowest BCUT2D eigenvalue weighted by molar-refractivity contribution is -0.119. The molecule has 5 nitrogen and oxygen atoms in total. The third-order valence-electron chi connectivity index (χ3n) is 3.43. The highest BCUT2D eigenvalue weighted by atomic mass is 35.5. The van der Waals surface area contributed by atoms with Gasteiger partial charge in [0.15, 0.2) is 0 Å². The van der Waals surface area contributed by atoms with Gasteiger partial charge < -0.3 is 15.8 Å².